The van der Waals surface area contributed by atoms with E-state index in [4.69, 9.17) is 14.2 Å². The van der Waals surface area contributed by atoms with Crippen LogP contribution in [-0.4, -0.2) is 79.3 Å². The number of hydrogen-bond donors (Lipinski definition) is 0. The number of ether oxygens (including phenoxy) is 3. The van der Waals surface area contributed by atoms with Crippen molar-refractivity contribution in [1.82, 2.24) is 9.80 Å². The zero-order chi connectivity index (χ0) is 20.0. The van der Waals surface area contributed by atoms with Crippen LogP contribution in [0.3, 0.4) is 0 Å². The van der Waals surface area contributed by atoms with Crippen LogP contribution in [0.5, 0.6) is 0 Å². The lowest BCUT2D eigenvalue weighted by atomic mass is 10.0. The summed E-state index contributed by atoms with van der Waals surface area (Å²) in [5.41, 5.74) is 0. The van der Waals surface area contributed by atoms with Crippen LogP contribution >= 0.6 is 0 Å². The molecule has 160 valence electrons. The van der Waals surface area contributed by atoms with Crippen molar-refractivity contribution in [3.05, 3.63) is 0 Å². The molecule has 2 rings (SSSR count). The maximum atomic E-state index is 6.02. The summed E-state index contributed by atoms with van der Waals surface area (Å²) >= 11 is 0. The Bertz CT molecular complexity index is 424. The molecule has 0 aromatic carbocycles. The van der Waals surface area contributed by atoms with E-state index < -0.39 is 5.79 Å². The monoisotopic (exact) mass is 384 g/mol. The van der Waals surface area contributed by atoms with Crippen LogP contribution in [-0.2, 0) is 14.2 Å². The number of likely N-dealkylation sites (N-methyl/N-ethyl adjacent to an activating group) is 1. The summed E-state index contributed by atoms with van der Waals surface area (Å²) in [5, 5.41) is 0. The van der Waals surface area contributed by atoms with E-state index in [1.54, 1.807) is 0 Å². The Balaban J connectivity index is 1.79. The summed E-state index contributed by atoms with van der Waals surface area (Å²) < 4.78 is 17.3. The lowest BCUT2D eigenvalue weighted by molar-refractivity contribution is -0.141. The van der Waals surface area contributed by atoms with Crippen LogP contribution in [0.15, 0.2) is 0 Å². The van der Waals surface area contributed by atoms with Gasteiger partial charge in [-0.15, -0.1) is 0 Å². The molecule has 2 saturated heterocycles. The van der Waals surface area contributed by atoms with Crippen molar-refractivity contribution < 1.29 is 14.2 Å². The van der Waals surface area contributed by atoms with Gasteiger partial charge in [0.2, 0.25) is 0 Å². The highest BCUT2D eigenvalue weighted by Crippen LogP contribution is 2.24. The topological polar surface area (TPSA) is 34.2 Å². The molecule has 4 atom stereocenters. The van der Waals surface area contributed by atoms with Crippen molar-refractivity contribution in [2.75, 3.05) is 39.5 Å². The van der Waals surface area contributed by atoms with Gasteiger partial charge in [0.25, 0.3) is 0 Å². The van der Waals surface area contributed by atoms with Gasteiger partial charge in [0, 0.05) is 37.8 Å². The van der Waals surface area contributed by atoms with E-state index in [0.717, 1.165) is 26.3 Å². The summed E-state index contributed by atoms with van der Waals surface area (Å²) in [6.45, 7) is 21.5. The normalized spacial score (nSPS) is 27.8. The van der Waals surface area contributed by atoms with Gasteiger partial charge in [-0.1, -0.05) is 6.92 Å². The van der Waals surface area contributed by atoms with Gasteiger partial charge in [0.1, 0.15) is 0 Å². The molecular weight excluding hydrogens is 340 g/mol. The molecule has 0 spiro atoms. The Hall–Kier alpha value is -0.200. The molecule has 0 radical (unpaired) electrons. The summed E-state index contributed by atoms with van der Waals surface area (Å²) in [7, 11) is 0. The van der Waals surface area contributed by atoms with E-state index in [1.165, 1.54) is 25.8 Å². The van der Waals surface area contributed by atoms with Crippen LogP contribution in [0.25, 0.3) is 0 Å². The van der Waals surface area contributed by atoms with E-state index in [0.29, 0.717) is 30.7 Å². The minimum atomic E-state index is -0.427. The molecule has 2 aliphatic heterocycles. The molecule has 0 aliphatic carbocycles. The second kappa shape index (κ2) is 10.5. The maximum absolute atomic E-state index is 6.02. The Morgan fingerprint density at radius 2 is 1.70 bits per heavy atom. The van der Waals surface area contributed by atoms with Crippen LogP contribution < -0.4 is 0 Å². The van der Waals surface area contributed by atoms with E-state index in [9.17, 15) is 0 Å². The Kier molecular flexibility index (Phi) is 9.01. The minimum Gasteiger partial charge on any atom is -0.381 e. The predicted molar refractivity (Wildman–Crippen MR) is 111 cm³/mol. The van der Waals surface area contributed by atoms with Gasteiger partial charge in [-0.3, -0.25) is 9.80 Å². The minimum absolute atomic E-state index is 0.189. The van der Waals surface area contributed by atoms with Gasteiger partial charge in [-0.2, -0.15) is 0 Å². The third-order valence-corrected chi connectivity index (χ3v) is 6.26. The summed E-state index contributed by atoms with van der Waals surface area (Å²) in [6, 6.07) is 1.76. The predicted octanol–water partition coefficient (Wildman–Crippen LogP) is 3.76. The van der Waals surface area contributed by atoms with Crippen LogP contribution in [0, 0.1) is 5.92 Å². The molecule has 0 bridgehead atoms. The second-order valence-corrected chi connectivity index (χ2v) is 9.33. The largest absolute Gasteiger partial charge is 0.381 e. The second-order valence-electron chi connectivity index (χ2n) is 9.33. The van der Waals surface area contributed by atoms with Gasteiger partial charge in [0.05, 0.1) is 19.3 Å². The van der Waals surface area contributed by atoms with Crippen molar-refractivity contribution in [1.29, 1.82) is 0 Å². The lowest BCUT2D eigenvalue weighted by Gasteiger charge is -2.36. The number of nitrogens with zero attached hydrogens (tertiary/aromatic N) is 2. The average molecular weight is 385 g/mol. The van der Waals surface area contributed by atoms with Crippen LogP contribution in [0.4, 0.5) is 0 Å². The Morgan fingerprint density at radius 3 is 2.22 bits per heavy atom. The van der Waals surface area contributed by atoms with Crippen LogP contribution in [0.1, 0.15) is 67.7 Å². The molecule has 0 N–H and O–H groups in total. The van der Waals surface area contributed by atoms with Gasteiger partial charge in [-0.25, -0.2) is 0 Å². The molecule has 2 fully saturated rings. The van der Waals surface area contributed by atoms with Gasteiger partial charge in [-0.05, 0) is 73.3 Å². The molecule has 2 heterocycles. The smallest absolute Gasteiger partial charge is 0.163 e. The highest BCUT2D eigenvalue weighted by Gasteiger charge is 2.34. The van der Waals surface area contributed by atoms with Crippen LogP contribution in [0.2, 0.25) is 0 Å². The SMILES string of the molecule is CCN(CC1COC(C)(C)O1)C(C)CCC(C)N(CC1CCOC1)C(C)C. The highest BCUT2D eigenvalue weighted by molar-refractivity contribution is 4.80. The fourth-order valence-corrected chi connectivity index (χ4v) is 4.49. The molecule has 4 unspecified atom stereocenters. The zero-order valence-electron chi connectivity index (χ0n) is 18.9. The molecule has 5 nitrogen and oxygen atoms in total. The average Bonchev–Trinajstić information content (AvgIpc) is 3.23. The molecule has 0 amide bonds. The maximum Gasteiger partial charge on any atom is 0.163 e. The summed E-state index contributed by atoms with van der Waals surface area (Å²) in [5.74, 6) is 0.283. The number of hydrogen-bond acceptors (Lipinski definition) is 5. The Morgan fingerprint density at radius 1 is 1.00 bits per heavy atom. The molecular formula is C22H44N2O3. The van der Waals surface area contributed by atoms with Crippen molar-refractivity contribution in [2.24, 2.45) is 5.92 Å². The first-order valence-electron chi connectivity index (χ1n) is 11.1. The fourth-order valence-electron chi connectivity index (χ4n) is 4.49. The van der Waals surface area contributed by atoms with Crippen molar-refractivity contribution in [3.8, 4) is 0 Å². The standard InChI is InChI=1S/C22H44N2O3/c1-8-23(14-21-16-26-22(6,7)27-21)18(4)9-10-19(5)24(17(2)3)13-20-11-12-25-15-20/h17-21H,8-16H2,1-7H3. The van der Waals surface area contributed by atoms with E-state index in [-0.39, 0.29) is 6.10 Å². The highest BCUT2D eigenvalue weighted by atomic mass is 16.7. The first-order valence-corrected chi connectivity index (χ1v) is 11.1. The third-order valence-electron chi connectivity index (χ3n) is 6.26. The van der Waals surface area contributed by atoms with E-state index in [2.05, 4.69) is 44.4 Å². The molecule has 2 aliphatic rings. The molecule has 0 aromatic rings. The van der Waals surface area contributed by atoms with Gasteiger partial charge >= 0.3 is 0 Å². The van der Waals surface area contributed by atoms with Gasteiger partial charge in [0.15, 0.2) is 5.79 Å². The zero-order valence-corrected chi connectivity index (χ0v) is 18.9. The molecule has 0 aromatic heterocycles. The molecule has 27 heavy (non-hydrogen) atoms. The van der Waals surface area contributed by atoms with Gasteiger partial charge < -0.3 is 14.2 Å². The first kappa shape index (κ1) is 23.1. The fraction of sp³-hybridized carbons (Fsp3) is 1.00. The number of rotatable bonds is 11. The third kappa shape index (κ3) is 7.28. The quantitative estimate of drug-likeness (QED) is 0.542. The summed E-state index contributed by atoms with van der Waals surface area (Å²) in [4.78, 5) is 5.23. The molecule has 0 saturated carbocycles. The van der Waals surface area contributed by atoms with E-state index in [1.807, 2.05) is 13.8 Å². The Labute approximate surface area is 167 Å². The summed E-state index contributed by atoms with van der Waals surface area (Å²) in [6.07, 6.45) is 3.86. The lowest BCUT2D eigenvalue weighted by Crippen LogP contribution is -2.44. The van der Waals surface area contributed by atoms with Crippen molar-refractivity contribution in [3.63, 3.8) is 0 Å². The van der Waals surface area contributed by atoms with E-state index >= 15 is 0 Å². The van der Waals surface area contributed by atoms with Crippen molar-refractivity contribution in [2.45, 2.75) is 97.7 Å². The molecule has 5 heteroatoms. The first-order chi connectivity index (χ1) is 12.7. The van der Waals surface area contributed by atoms with Crippen molar-refractivity contribution >= 4 is 0 Å².